The average Bonchev–Trinajstić information content (AvgIpc) is 2.34. The predicted octanol–water partition coefficient (Wildman–Crippen LogP) is 1.57. The third kappa shape index (κ3) is 2.62. The number of benzene rings is 1. The van der Waals surface area contributed by atoms with E-state index in [0.29, 0.717) is 0 Å². The van der Waals surface area contributed by atoms with Crippen molar-refractivity contribution in [3.63, 3.8) is 0 Å². The van der Waals surface area contributed by atoms with Crippen molar-refractivity contribution >= 4 is 11.5 Å². The van der Waals surface area contributed by atoms with Crippen molar-refractivity contribution in [3.05, 3.63) is 36.3 Å². The number of ether oxygens (including phenoxy) is 1. The van der Waals surface area contributed by atoms with Gasteiger partial charge in [-0.2, -0.15) is 4.98 Å². The van der Waals surface area contributed by atoms with Crippen LogP contribution in [-0.4, -0.2) is 20.4 Å². The Morgan fingerprint density at radius 3 is 2.78 bits per heavy atom. The van der Waals surface area contributed by atoms with Crippen molar-refractivity contribution in [2.24, 2.45) is 0 Å². The second kappa shape index (κ2) is 4.82. The Morgan fingerprint density at radius 2 is 2.11 bits per heavy atom. The Bertz CT molecular complexity index is 565. The standard InChI is InChI=1S/C10H9FN4O3/c11-8-5-13-10(14-9(8)12)18-7-3-1-2-6(4-7)15(16)17/h1-5,16-17H,(H2,12,13,14). The van der Waals surface area contributed by atoms with E-state index < -0.39 is 5.82 Å². The number of nitrogens with two attached hydrogens (primary N) is 1. The molecule has 8 heteroatoms. The topological polar surface area (TPSA) is 105 Å². The second-order valence-electron chi connectivity index (χ2n) is 3.27. The van der Waals surface area contributed by atoms with Crippen LogP contribution < -0.4 is 15.7 Å². The van der Waals surface area contributed by atoms with E-state index in [4.69, 9.17) is 20.9 Å². The minimum Gasteiger partial charge on any atom is -0.424 e. The lowest BCUT2D eigenvalue weighted by atomic mass is 10.3. The second-order valence-corrected chi connectivity index (χ2v) is 3.27. The molecule has 0 atom stereocenters. The molecule has 0 saturated carbocycles. The lowest BCUT2D eigenvalue weighted by Gasteiger charge is -2.09. The summed E-state index contributed by atoms with van der Waals surface area (Å²) in [6.45, 7) is 0. The predicted molar refractivity (Wildman–Crippen MR) is 59.0 cm³/mol. The van der Waals surface area contributed by atoms with Gasteiger partial charge in [0, 0.05) is 6.07 Å². The molecule has 2 rings (SSSR count). The van der Waals surface area contributed by atoms with Gasteiger partial charge in [0.15, 0.2) is 11.6 Å². The maximum absolute atomic E-state index is 12.8. The van der Waals surface area contributed by atoms with Crippen LogP contribution in [0.5, 0.6) is 11.8 Å². The summed E-state index contributed by atoms with van der Waals surface area (Å²) < 4.78 is 18.0. The molecule has 7 nitrogen and oxygen atoms in total. The fourth-order valence-electron chi connectivity index (χ4n) is 1.19. The number of aromatic nitrogens is 2. The van der Waals surface area contributed by atoms with E-state index in [1.54, 1.807) is 0 Å². The van der Waals surface area contributed by atoms with Crippen LogP contribution in [-0.2, 0) is 0 Å². The summed E-state index contributed by atoms with van der Waals surface area (Å²) in [6, 6.07) is 5.68. The van der Waals surface area contributed by atoms with Gasteiger partial charge in [0.1, 0.15) is 5.75 Å². The minimum absolute atomic E-state index is 0.0628. The largest absolute Gasteiger partial charge is 0.424 e. The van der Waals surface area contributed by atoms with E-state index in [9.17, 15) is 4.39 Å². The quantitative estimate of drug-likeness (QED) is 0.712. The first kappa shape index (κ1) is 12.0. The maximum atomic E-state index is 12.8. The van der Waals surface area contributed by atoms with Crippen LogP contribution in [0.3, 0.4) is 0 Å². The Morgan fingerprint density at radius 1 is 1.33 bits per heavy atom. The van der Waals surface area contributed by atoms with Crippen molar-refractivity contribution in [1.29, 1.82) is 0 Å². The van der Waals surface area contributed by atoms with Crippen LogP contribution in [0.2, 0.25) is 0 Å². The highest BCUT2D eigenvalue weighted by Gasteiger charge is 2.07. The first-order valence-corrected chi connectivity index (χ1v) is 4.80. The van der Waals surface area contributed by atoms with Gasteiger partial charge in [-0.3, -0.25) is 10.4 Å². The van der Waals surface area contributed by atoms with E-state index >= 15 is 0 Å². The zero-order valence-electron chi connectivity index (χ0n) is 8.99. The summed E-state index contributed by atoms with van der Waals surface area (Å²) in [5, 5.41) is 17.6. The third-order valence-electron chi connectivity index (χ3n) is 2.01. The number of rotatable bonds is 3. The molecule has 1 heterocycles. The fourth-order valence-corrected chi connectivity index (χ4v) is 1.19. The molecular weight excluding hydrogens is 243 g/mol. The molecule has 0 aliphatic heterocycles. The number of hydrogen-bond acceptors (Lipinski definition) is 7. The molecule has 0 bridgehead atoms. The molecule has 2 aromatic rings. The average molecular weight is 252 g/mol. The lowest BCUT2D eigenvalue weighted by Crippen LogP contribution is -2.10. The molecule has 0 radical (unpaired) electrons. The fraction of sp³-hybridized carbons (Fsp3) is 0. The molecule has 1 aromatic carbocycles. The highest BCUT2D eigenvalue weighted by Crippen LogP contribution is 2.23. The maximum Gasteiger partial charge on any atom is 0.324 e. The Balaban J connectivity index is 2.23. The Hall–Kier alpha value is -2.45. The van der Waals surface area contributed by atoms with Crippen LogP contribution >= 0.6 is 0 Å². The molecule has 0 amide bonds. The van der Waals surface area contributed by atoms with Crippen molar-refractivity contribution in [2.45, 2.75) is 0 Å². The summed E-state index contributed by atoms with van der Waals surface area (Å²) in [5.41, 5.74) is 5.34. The van der Waals surface area contributed by atoms with Gasteiger partial charge in [-0.15, -0.1) is 5.23 Å². The summed E-state index contributed by atoms with van der Waals surface area (Å²) in [6.07, 6.45) is 0.881. The first-order chi connectivity index (χ1) is 8.56. The summed E-state index contributed by atoms with van der Waals surface area (Å²) in [4.78, 5) is 7.16. The Kier molecular flexibility index (Phi) is 3.22. The van der Waals surface area contributed by atoms with Gasteiger partial charge < -0.3 is 10.5 Å². The lowest BCUT2D eigenvalue weighted by molar-refractivity contribution is 0.0290. The van der Waals surface area contributed by atoms with Crippen molar-refractivity contribution < 1.29 is 19.5 Å². The molecule has 18 heavy (non-hydrogen) atoms. The molecule has 0 saturated heterocycles. The van der Waals surface area contributed by atoms with Gasteiger partial charge >= 0.3 is 6.01 Å². The first-order valence-electron chi connectivity index (χ1n) is 4.80. The number of hydrogen-bond donors (Lipinski definition) is 3. The number of halogens is 1. The zero-order valence-corrected chi connectivity index (χ0v) is 8.99. The third-order valence-corrected chi connectivity index (χ3v) is 2.01. The van der Waals surface area contributed by atoms with E-state index in [1.165, 1.54) is 24.3 Å². The van der Waals surface area contributed by atoms with E-state index in [0.717, 1.165) is 6.20 Å². The molecule has 4 N–H and O–H groups in total. The molecule has 94 valence electrons. The zero-order chi connectivity index (χ0) is 13.1. The van der Waals surface area contributed by atoms with Crippen molar-refractivity contribution in [3.8, 4) is 11.8 Å². The van der Waals surface area contributed by atoms with E-state index in [-0.39, 0.29) is 28.5 Å². The van der Waals surface area contributed by atoms with E-state index in [1.807, 2.05) is 0 Å². The number of nitrogen functional groups attached to an aromatic ring is 1. The minimum atomic E-state index is -0.743. The van der Waals surface area contributed by atoms with Crippen molar-refractivity contribution in [1.82, 2.24) is 9.97 Å². The number of nitrogens with zero attached hydrogens (tertiary/aromatic N) is 3. The van der Waals surface area contributed by atoms with E-state index in [2.05, 4.69) is 9.97 Å². The number of anilines is 2. The van der Waals surface area contributed by atoms with Crippen LogP contribution in [0.4, 0.5) is 15.9 Å². The smallest absolute Gasteiger partial charge is 0.324 e. The highest BCUT2D eigenvalue weighted by molar-refractivity contribution is 5.47. The molecule has 0 fully saturated rings. The van der Waals surface area contributed by atoms with Gasteiger partial charge in [0.25, 0.3) is 0 Å². The van der Waals surface area contributed by atoms with Crippen LogP contribution in [0.15, 0.2) is 30.5 Å². The van der Waals surface area contributed by atoms with Crippen LogP contribution in [0.25, 0.3) is 0 Å². The summed E-state index contributed by atoms with van der Waals surface area (Å²) in [5.74, 6) is -0.832. The highest BCUT2D eigenvalue weighted by atomic mass is 19.1. The molecule has 1 aromatic heterocycles. The molecule has 0 aliphatic carbocycles. The normalized spacial score (nSPS) is 10.2. The van der Waals surface area contributed by atoms with Gasteiger partial charge in [-0.25, -0.2) is 9.37 Å². The summed E-state index contributed by atoms with van der Waals surface area (Å²) >= 11 is 0. The van der Waals surface area contributed by atoms with Gasteiger partial charge in [0.05, 0.1) is 11.9 Å². The monoisotopic (exact) mass is 252 g/mol. The SMILES string of the molecule is Nc1nc(Oc2cccc(N(O)O)c2)ncc1F. The van der Waals surface area contributed by atoms with Gasteiger partial charge in [-0.05, 0) is 12.1 Å². The Labute approximate surface area is 101 Å². The van der Waals surface area contributed by atoms with Gasteiger partial charge in [0.2, 0.25) is 0 Å². The molecule has 0 unspecified atom stereocenters. The molecule has 0 aliphatic rings. The van der Waals surface area contributed by atoms with Gasteiger partial charge in [-0.1, -0.05) is 6.07 Å². The molecular formula is C10H9FN4O3. The van der Waals surface area contributed by atoms with Crippen LogP contribution in [0, 0.1) is 5.82 Å². The molecule has 0 spiro atoms. The van der Waals surface area contributed by atoms with Crippen LogP contribution in [0.1, 0.15) is 0 Å². The summed E-state index contributed by atoms with van der Waals surface area (Å²) in [7, 11) is 0. The van der Waals surface area contributed by atoms with Crippen molar-refractivity contribution in [2.75, 3.05) is 11.0 Å².